The summed E-state index contributed by atoms with van der Waals surface area (Å²) in [4.78, 5) is 23.4. The van der Waals surface area contributed by atoms with Gasteiger partial charge in [0.2, 0.25) is 11.9 Å². The van der Waals surface area contributed by atoms with Crippen LogP contribution in [0.4, 0.5) is 5.95 Å². The van der Waals surface area contributed by atoms with Gasteiger partial charge in [-0.25, -0.2) is 4.98 Å². The van der Waals surface area contributed by atoms with Crippen molar-refractivity contribution in [2.75, 3.05) is 31.1 Å². The Labute approximate surface area is 146 Å². The second kappa shape index (κ2) is 6.24. The lowest BCUT2D eigenvalue weighted by molar-refractivity contribution is -0.137. The maximum Gasteiger partial charge on any atom is 0.234 e. The normalized spacial score (nSPS) is 20.5. The van der Waals surface area contributed by atoms with Gasteiger partial charge in [0.1, 0.15) is 0 Å². The third-order valence-corrected chi connectivity index (χ3v) is 6.58. The molecule has 6 heteroatoms. The summed E-state index contributed by atoms with van der Waals surface area (Å²) in [5.74, 6) is 1.35. The van der Waals surface area contributed by atoms with Crippen molar-refractivity contribution in [3.63, 3.8) is 0 Å². The number of carbonyl (C=O) groups excluding carboxylic acids is 1. The fourth-order valence-electron chi connectivity index (χ4n) is 4.17. The highest BCUT2D eigenvalue weighted by Gasteiger charge is 2.46. The molecule has 1 amide bonds. The van der Waals surface area contributed by atoms with Crippen LogP contribution >= 0.6 is 11.3 Å². The van der Waals surface area contributed by atoms with Crippen molar-refractivity contribution in [2.45, 2.75) is 31.1 Å². The molecule has 0 aromatic carbocycles. The van der Waals surface area contributed by atoms with Crippen LogP contribution in [0.3, 0.4) is 0 Å². The molecule has 2 aromatic rings. The summed E-state index contributed by atoms with van der Waals surface area (Å²) < 4.78 is 2.04. The van der Waals surface area contributed by atoms with Crippen LogP contribution in [-0.4, -0.2) is 46.5 Å². The SMILES string of the molecule is Cn1ccnc1N1CCN(C(=O)C2(c3cccs3)CCCC2)CC1. The van der Waals surface area contributed by atoms with Crippen LogP contribution in [0.1, 0.15) is 30.6 Å². The van der Waals surface area contributed by atoms with E-state index in [-0.39, 0.29) is 5.41 Å². The van der Waals surface area contributed by atoms with Crippen molar-refractivity contribution in [3.8, 4) is 0 Å². The van der Waals surface area contributed by atoms with E-state index in [1.54, 1.807) is 11.3 Å². The third-order valence-electron chi connectivity index (χ3n) is 5.50. The van der Waals surface area contributed by atoms with Gasteiger partial charge in [0, 0.05) is 50.5 Å². The van der Waals surface area contributed by atoms with Crippen molar-refractivity contribution in [1.29, 1.82) is 0 Å². The maximum atomic E-state index is 13.4. The topological polar surface area (TPSA) is 41.4 Å². The smallest absolute Gasteiger partial charge is 0.234 e. The first kappa shape index (κ1) is 15.7. The summed E-state index contributed by atoms with van der Waals surface area (Å²) >= 11 is 1.74. The minimum atomic E-state index is -0.250. The van der Waals surface area contributed by atoms with Gasteiger partial charge in [-0.3, -0.25) is 4.79 Å². The van der Waals surface area contributed by atoms with Gasteiger partial charge in [-0.05, 0) is 24.3 Å². The lowest BCUT2D eigenvalue weighted by atomic mass is 9.82. The molecule has 0 spiro atoms. The average Bonchev–Trinajstić information content (AvgIpc) is 3.35. The number of anilines is 1. The molecule has 3 heterocycles. The van der Waals surface area contributed by atoms with Crippen LogP contribution in [0.2, 0.25) is 0 Å². The van der Waals surface area contributed by atoms with Crippen LogP contribution in [0.15, 0.2) is 29.9 Å². The first-order valence-electron chi connectivity index (χ1n) is 8.76. The number of carbonyl (C=O) groups is 1. The van der Waals surface area contributed by atoms with Crippen LogP contribution < -0.4 is 4.90 Å². The number of hydrogen-bond donors (Lipinski definition) is 0. The molecular weight excluding hydrogens is 320 g/mol. The molecule has 4 rings (SSSR count). The number of hydrogen-bond acceptors (Lipinski definition) is 4. The number of amides is 1. The largest absolute Gasteiger partial charge is 0.339 e. The number of thiophene rings is 1. The van der Waals surface area contributed by atoms with Crippen molar-refractivity contribution in [2.24, 2.45) is 7.05 Å². The molecule has 2 aromatic heterocycles. The first-order valence-corrected chi connectivity index (χ1v) is 9.64. The standard InChI is InChI=1S/C18H24N4OS/c1-20-9-8-19-17(20)22-12-10-21(11-13-22)16(23)18(6-2-3-7-18)15-5-4-14-24-15/h4-5,8-9,14H,2-3,6-7,10-13H2,1H3. The van der Waals surface area contributed by atoms with Gasteiger partial charge >= 0.3 is 0 Å². The van der Waals surface area contributed by atoms with Gasteiger partial charge in [-0.2, -0.15) is 0 Å². The van der Waals surface area contributed by atoms with Gasteiger partial charge in [-0.15, -0.1) is 11.3 Å². The summed E-state index contributed by atoms with van der Waals surface area (Å²) in [6.45, 7) is 3.30. The lowest BCUT2D eigenvalue weighted by Crippen LogP contribution is -2.54. The predicted molar refractivity (Wildman–Crippen MR) is 96.5 cm³/mol. The minimum absolute atomic E-state index is 0.250. The highest BCUT2D eigenvalue weighted by Crippen LogP contribution is 2.44. The Bertz CT molecular complexity index is 694. The number of piperazine rings is 1. The molecule has 5 nitrogen and oxygen atoms in total. The van der Waals surface area contributed by atoms with Gasteiger partial charge in [-0.1, -0.05) is 18.9 Å². The van der Waals surface area contributed by atoms with Crippen molar-refractivity contribution >= 4 is 23.2 Å². The zero-order valence-electron chi connectivity index (χ0n) is 14.1. The highest BCUT2D eigenvalue weighted by molar-refractivity contribution is 7.10. The van der Waals surface area contributed by atoms with Crippen molar-refractivity contribution < 1.29 is 4.79 Å². The first-order chi connectivity index (χ1) is 11.7. The number of nitrogens with zero attached hydrogens (tertiary/aromatic N) is 4. The monoisotopic (exact) mass is 344 g/mol. The summed E-state index contributed by atoms with van der Waals surface area (Å²) in [5.41, 5.74) is -0.250. The fraction of sp³-hybridized carbons (Fsp3) is 0.556. The zero-order chi connectivity index (χ0) is 16.6. The number of aryl methyl sites for hydroxylation is 1. The molecule has 0 radical (unpaired) electrons. The van der Waals surface area contributed by atoms with E-state index in [0.29, 0.717) is 5.91 Å². The fourth-order valence-corrected chi connectivity index (χ4v) is 5.15. The summed E-state index contributed by atoms with van der Waals surface area (Å²) in [6, 6.07) is 4.23. The van der Waals surface area contributed by atoms with E-state index < -0.39 is 0 Å². The van der Waals surface area contributed by atoms with E-state index in [1.807, 2.05) is 24.0 Å². The molecule has 128 valence electrons. The Morgan fingerprint density at radius 3 is 2.54 bits per heavy atom. The Morgan fingerprint density at radius 1 is 1.21 bits per heavy atom. The molecule has 24 heavy (non-hydrogen) atoms. The van der Waals surface area contributed by atoms with E-state index in [2.05, 4.69) is 32.3 Å². The van der Waals surface area contributed by atoms with Crippen LogP contribution in [0.5, 0.6) is 0 Å². The molecular formula is C18H24N4OS. The Balaban J connectivity index is 1.49. The molecule has 1 aliphatic heterocycles. The molecule has 0 atom stereocenters. The molecule has 1 saturated carbocycles. The summed E-state index contributed by atoms with van der Waals surface area (Å²) in [7, 11) is 2.02. The second-order valence-electron chi connectivity index (χ2n) is 6.88. The van der Waals surface area contributed by atoms with E-state index in [1.165, 1.54) is 4.88 Å². The second-order valence-corrected chi connectivity index (χ2v) is 7.83. The zero-order valence-corrected chi connectivity index (χ0v) is 15.0. The molecule has 0 bridgehead atoms. The molecule has 0 N–H and O–H groups in total. The summed E-state index contributed by atoms with van der Waals surface area (Å²) in [5, 5.41) is 2.10. The van der Waals surface area contributed by atoms with Gasteiger partial charge in [0.05, 0.1) is 5.41 Å². The quantitative estimate of drug-likeness (QED) is 0.859. The van der Waals surface area contributed by atoms with E-state index in [4.69, 9.17) is 0 Å². The van der Waals surface area contributed by atoms with Crippen LogP contribution in [0, 0.1) is 0 Å². The lowest BCUT2D eigenvalue weighted by Gasteiger charge is -2.39. The van der Waals surface area contributed by atoms with Crippen molar-refractivity contribution in [1.82, 2.24) is 14.5 Å². The Kier molecular flexibility index (Phi) is 4.08. The van der Waals surface area contributed by atoms with Crippen LogP contribution in [-0.2, 0) is 17.3 Å². The predicted octanol–water partition coefficient (Wildman–Crippen LogP) is 2.64. The Hall–Kier alpha value is -1.82. The number of rotatable bonds is 3. The molecule has 0 unspecified atom stereocenters. The minimum Gasteiger partial charge on any atom is -0.339 e. The third kappa shape index (κ3) is 2.53. The van der Waals surface area contributed by atoms with E-state index in [9.17, 15) is 4.79 Å². The van der Waals surface area contributed by atoms with Crippen LogP contribution in [0.25, 0.3) is 0 Å². The molecule has 2 fully saturated rings. The van der Waals surface area contributed by atoms with Gasteiger partial charge < -0.3 is 14.4 Å². The molecule has 1 aliphatic carbocycles. The van der Waals surface area contributed by atoms with Gasteiger partial charge in [0.15, 0.2) is 0 Å². The number of imidazole rings is 1. The summed E-state index contributed by atoms with van der Waals surface area (Å²) in [6.07, 6.45) is 8.14. The highest BCUT2D eigenvalue weighted by atomic mass is 32.1. The van der Waals surface area contributed by atoms with Crippen molar-refractivity contribution in [3.05, 3.63) is 34.8 Å². The Morgan fingerprint density at radius 2 is 1.96 bits per heavy atom. The molecule has 2 aliphatic rings. The van der Waals surface area contributed by atoms with E-state index in [0.717, 1.165) is 57.8 Å². The number of aromatic nitrogens is 2. The van der Waals surface area contributed by atoms with Gasteiger partial charge in [0.25, 0.3) is 0 Å². The average molecular weight is 344 g/mol. The van der Waals surface area contributed by atoms with E-state index >= 15 is 0 Å². The molecule has 1 saturated heterocycles. The maximum absolute atomic E-state index is 13.4.